The molecule has 0 aliphatic heterocycles. The van der Waals surface area contributed by atoms with Crippen LogP contribution < -0.4 is 10.5 Å². The van der Waals surface area contributed by atoms with E-state index in [1.54, 1.807) is 7.11 Å². The number of aryl methyl sites for hydroxylation is 1. The summed E-state index contributed by atoms with van der Waals surface area (Å²) in [5.41, 5.74) is 8.07. The van der Waals surface area contributed by atoms with Gasteiger partial charge in [0.2, 0.25) is 0 Å². The number of ether oxygens (including phenoxy) is 1. The second-order valence-corrected chi connectivity index (χ2v) is 3.34. The van der Waals surface area contributed by atoms with E-state index in [1.807, 2.05) is 25.1 Å². The molecule has 0 aliphatic carbocycles. The second-order valence-electron chi connectivity index (χ2n) is 3.34. The van der Waals surface area contributed by atoms with Gasteiger partial charge in [-0.2, -0.15) is 0 Å². The minimum Gasteiger partial charge on any atom is -0.497 e. The molecular weight excluding hydrogens is 214 g/mol. The van der Waals surface area contributed by atoms with Crippen LogP contribution in [0.1, 0.15) is 23.6 Å². The van der Waals surface area contributed by atoms with Gasteiger partial charge in [0, 0.05) is 12.6 Å². The second kappa shape index (κ2) is 6.67. The third-order valence-corrected chi connectivity index (χ3v) is 2.32. The predicted octanol–water partition coefficient (Wildman–Crippen LogP) is 1.81. The molecule has 0 saturated heterocycles. The van der Waals surface area contributed by atoms with E-state index >= 15 is 0 Å². The molecule has 0 saturated carbocycles. The van der Waals surface area contributed by atoms with Gasteiger partial charge in [0.1, 0.15) is 5.75 Å². The zero-order chi connectivity index (χ0) is 10.6. The fourth-order valence-corrected chi connectivity index (χ4v) is 1.49. The van der Waals surface area contributed by atoms with Gasteiger partial charge in [0.15, 0.2) is 0 Å². The van der Waals surface area contributed by atoms with Crippen molar-refractivity contribution in [1.29, 1.82) is 0 Å². The van der Waals surface area contributed by atoms with Crippen molar-refractivity contribution < 1.29 is 9.84 Å². The highest BCUT2D eigenvalue weighted by Crippen LogP contribution is 2.22. The zero-order valence-electron chi connectivity index (χ0n) is 9.06. The summed E-state index contributed by atoms with van der Waals surface area (Å²) in [5.74, 6) is 0.836. The van der Waals surface area contributed by atoms with Crippen molar-refractivity contribution in [2.75, 3.05) is 13.7 Å². The molecule has 4 heteroatoms. The van der Waals surface area contributed by atoms with Gasteiger partial charge < -0.3 is 15.6 Å². The van der Waals surface area contributed by atoms with Crippen LogP contribution in [0.25, 0.3) is 0 Å². The van der Waals surface area contributed by atoms with Gasteiger partial charge in [-0.3, -0.25) is 0 Å². The molecule has 0 unspecified atom stereocenters. The lowest BCUT2D eigenvalue weighted by Gasteiger charge is -2.14. The maximum Gasteiger partial charge on any atom is 0.119 e. The molecule has 3 N–H and O–H groups in total. The molecule has 0 radical (unpaired) electrons. The summed E-state index contributed by atoms with van der Waals surface area (Å²) in [6, 6.07) is 5.70. The molecule has 0 aliphatic rings. The van der Waals surface area contributed by atoms with E-state index in [-0.39, 0.29) is 25.1 Å². The van der Waals surface area contributed by atoms with Crippen LogP contribution in [0.2, 0.25) is 0 Å². The minimum absolute atomic E-state index is 0. The monoisotopic (exact) mass is 231 g/mol. The molecule has 1 rings (SSSR count). The van der Waals surface area contributed by atoms with Crippen LogP contribution >= 0.6 is 12.4 Å². The van der Waals surface area contributed by atoms with Gasteiger partial charge in [-0.25, -0.2) is 0 Å². The largest absolute Gasteiger partial charge is 0.497 e. The summed E-state index contributed by atoms with van der Waals surface area (Å²) in [5, 5.41) is 8.78. The first-order valence-corrected chi connectivity index (χ1v) is 4.70. The van der Waals surface area contributed by atoms with Crippen molar-refractivity contribution in [3.63, 3.8) is 0 Å². The number of aliphatic hydroxyl groups is 1. The van der Waals surface area contributed by atoms with Crippen molar-refractivity contribution in [1.82, 2.24) is 0 Å². The van der Waals surface area contributed by atoms with Crippen molar-refractivity contribution in [2.24, 2.45) is 5.73 Å². The van der Waals surface area contributed by atoms with E-state index < -0.39 is 0 Å². The Morgan fingerprint density at radius 2 is 2.13 bits per heavy atom. The van der Waals surface area contributed by atoms with Crippen LogP contribution in [0, 0.1) is 6.92 Å². The normalized spacial score (nSPS) is 11.7. The quantitative estimate of drug-likeness (QED) is 0.831. The number of halogens is 1. The number of aliphatic hydroxyl groups excluding tert-OH is 1. The standard InChI is InChI=1S/C11H17NO2.ClH/c1-8-7-9(14-2)3-4-10(8)11(12)5-6-13;/h3-4,7,11,13H,5-6,12H2,1-2H3;1H/t11-;/m0./s1. The highest BCUT2D eigenvalue weighted by molar-refractivity contribution is 5.85. The lowest BCUT2D eigenvalue weighted by molar-refractivity contribution is 0.276. The highest BCUT2D eigenvalue weighted by atomic mass is 35.5. The van der Waals surface area contributed by atoms with E-state index in [4.69, 9.17) is 15.6 Å². The Morgan fingerprint density at radius 1 is 1.47 bits per heavy atom. The van der Waals surface area contributed by atoms with Crippen molar-refractivity contribution in [3.05, 3.63) is 29.3 Å². The van der Waals surface area contributed by atoms with Crippen LogP contribution in [0.5, 0.6) is 5.75 Å². The first-order valence-electron chi connectivity index (χ1n) is 4.70. The summed E-state index contributed by atoms with van der Waals surface area (Å²) < 4.78 is 5.10. The van der Waals surface area contributed by atoms with Gasteiger partial charge in [0.25, 0.3) is 0 Å². The van der Waals surface area contributed by atoms with Gasteiger partial charge >= 0.3 is 0 Å². The Balaban J connectivity index is 0.00000196. The third-order valence-electron chi connectivity index (χ3n) is 2.32. The first-order chi connectivity index (χ1) is 6.69. The molecule has 1 aromatic carbocycles. The smallest absolute Gasteiger partial charge is 0.119 e. The van der Waals surface area contributed by atoms with E-state index in [9.17, 15) is 0 Å². The Bertz CT molecular complexity index is 305. The zero-order valence-corrected chi connectivity index (χ0v) is 9.88. The third kappa shape index (κ3) is 3.70. The van der Waals surface area contributed by atoms with Crippen LogP contribution in [0.15, 0.2) is 18.2 Å². The van der Waals surface area contributed by atoms with E-state index in [0.29, 0.717) is 6.42 Å². The summed E-state index contributed by atoms with van der Waals surface area (Å²) >= 11 is 0. The fourth-order valence-electron chi connectivity index (χ4n) is 1.49. The first kappa shape index (κ1) is 14.2. The number of nitrogens with two attached hydrogens (primary N) is 1. The van der Waals surface area contributed by atoms with Crippen LogP contribution in [0.3, 0.4) is 0 Å². The highest BCUT2D eigenvalue weighted by Gasteiger charge is 2.08. The van der Waals surface area contributed by atoms with E-state index in [0.717, 1.165) is 16.9 Å². The number of methoxy groups -OCH3 is 1. The molecule has 3 nitrogen and oxygen atoms in total. The molecule has 0 fully saturated rings. The fraction of sp³-hybridized carbons (Fsp3) is 0.455. The van der Waals surface area contributed by atoms with Crippen LogP contribution in [0.4, 0.5) is 0 Å². The van der Waals surface area contributed by atoms with Crippen LogP contribution in [-0.2, 0) is 0 Å². The summed E-state index contributed by atoms with van der Waals surface area (Å²) in [4.78, 5) is 0. The van der Waals surface area contributed by atoms with E-state index in [1.165, 1.54) is 0 Å². The van der Waals surface area contributed by atoms with Gasteiger partial charge in [0.05, 0.1) is 7.11 Å². The molecule has 0 bridgehead atoms. The molecule has 0 aromatic heterocycles. The van der Waals surface area contributed by atoms with Crippen molar-refractivity contribution >= 4 is 12.4 Å². The molecular formula is C11H18ClNO2. The molecule has 0 spiro atoms. The van der Waals surface area contributed by atoms with Crippen LogP contribution in [-0.4, -0.2) is 18.8 Å². The Labute approximate surface area is 96.7 Å². The lowest BCUT2D eigenvalue weighted by atomic mass is 9.99. The molecule has 1 aromatic rings. The summed E-state index contributed by atoms with van der Waals surface area (Å²) in [6.07, 6.45) is 0.590. The SMILES string of the molecule is COc1ccc([C@@H](N)CCO)c(C)c1.Cl. The topological polar surface area (TPSA) is 55.5 Å². The number of rotatable bonds is 4. The summed E-state index contributed by atoms with van der Waals surface area (Å²) in [7, 11) is 1.64. The molecule has 15 heavy (non-hydrogen) atoms. The minimum atomic E-state index is -0.0918. The molecule has 0 amide bonds. The van der Waals surface area contributed by atoms with Gasteiger partial charge in [-0.1, -0.05) is 6.07 Å². The average Bonchev–Trinajstić information content (AvgIpc) is 2.17. The number of hydrogen-bond donors (Lipinski definition) is 2. The van der Waals surface area contributed by atoms with Gasteiger partial charge in [-0.05, 0) is 36.6 Å². The molecule has 1 atom stereocenters. The molecule has 0 heterocycles. The van der Waals surface area contributed by atoms with Gasteiger partial charge in [-0.15, -0.1) is 12.4 Å². The Morgan fingerprint density at radius 3 is 2.60 bits per heavy atom. The maximum absolute atomic E-state index is 8.78. The number of hydrogen-bond acceptors (Lipinski definition) is 3. The van der Waals surface area contributed by atoms with E-state index in [2.05, 4.69) is 0 Å². The summed E-state index contributed by atoms with van der Waals surface area (Å²) in [6.45, 7) is 2.11. The Hall–Kier alpha value is -0.770. The lowest BCUT2D eigenvalue weighted by Crippen LogP contribution is -2.13. The maximum atomic E-state index is 8.78. The van der Waals surface area contributed by atoms with Crippen molar-refractivity contribution in [2.45, 2.75) is 19.4 Å². The molecule has 86 valence electrons. The van der Waals surface area contributed by atoms with Crippen molar-refractivity contribution in [3.8, 4) is 5.75 Å². The Kier molecular flexibility index (Phi) is 6.32. The predicted molar refractivity (Wildman–Crippen MR) is 63.6 cm³/mol. The number of benzene rings is 1. The average molecular weight is 232 g/mol.